The Bertz CT molecular complexity index is 268. The maximum absolute atomic E-state index is 11.3. The Hall–Kier alpha value is -1.52. The van der Waals surface area contributed by atoms with Gasteiger partial charge in [-0.25, -0.2) is 4.79 Å². The number of carbonyl (C=O) groups excluding carboxylic acids is 2. The molecule has 5 nitrogen and oxygen atoms in total. The zero-order chi connectivity index (χ0) is 12.8. The van der Waals surface area contributed by atoms with Crippen molar-refractivity contribution in [3.05, 3.63) is 12.7 Å². The highest BCUT2D eigenvalue weighted by molar-refractivity contribution is 5.68. The zero-order valence-corrected chi connectivity index (χ0v) is 10.2. The summed E-state index contributed by atoms with van der Waals surface area (Å²) in [4.78, 5) is 21.9. The summed E-state index contributed by atoms with van der Waals surface area (Å²) >= 11 is 0. The van der Waals surface area contributed by atoms with E-state index in [1.165, 1.54) is 13.0 Å². The summed E-state index contributed by atoms with van der Waals surface area (Å²) in [6, 6.07) is 0. The molecule has 0 aliphatic carbocycles. The van der Waals surface area contributed by atoms with Gasteiger partial charge in [-0.1, -0.05) is 6.58 Å². The first-order chi connectivity index (χ1) is 7.24. The fraction of sp³-hybridized carbons (Fsp3) is 0.636. The van der Waals surface area contributed by atoms with Crippen LogP contribution >= 0.6 is 0 Å². The second-order valence-electron chi connectivity index (χ2n) is 4.27. The van der Waals surface area contributed by atoms with Crippen molar-refractivity contribution in [1.82, 2.24) is 5.32 Å². The van der Waals surface area contributed by atoms with Crippen molar-refractivity contribution in [2.45, 2.75) is 39.4 Å². The zero-order valence-electron chi connectivity index (χ0n) is 10.2. The van der Waals surface area contributed by atoms with E-state index in [9.17, 15) is 9.59 Å². The largest absolute Gasteiger partial charge is 0.456 e. The van der Waals surface area contributed by atoms with E-state index in [1.54, 1.807) is 20.8 Å². The lowest BCUT2D eigenvalue weighted by atomic mass is 10.2. The summed E-state index contributed by atoms with van der Waals surface area (Å²) < 4.78 is 9.87. The van der Waals surface area contributed by atoms with Gasteiger partial charge in [-0.15, -0.1) is 0 Å². The molecule has 1 unspecified atom stereocenters. The van der Waals surface area contributed by atoms with E-state index >= 15 is 0 Å². The van der Waals surface area contributed by atoms with Crippen LogP contribution in [0.15, 0.2) is 12.7 Å². The number of carbonyl (C=O) groups is 2. The highest BCUT2D eigenvalue weighted by atomic mass is 16.6. The minimum absolute atomic E-state index is 0.151. The van der Waals surface area contributed by atoms with Crippen LogP contribution < -0.4 is 5.32 Å². The predicted octanol–water partition coefficient (Wildman–Crippen LogP) is 1.63. The van der Waals surface area contributed by atoms with E-state index in [0.29, 0.717) is 0 Å². The second kappa shape index (κ2) is 6.15. The smallest absolute Gasteiger partial charge is 0.407 e. The molecular weight excluding hydrogens is 210 g/mol. The van der Waals surface area contributed by atoms with Gasteiger partial charge in [0.25, 0.3) is 0 Å². The number of nitrogens with one attached hydrogen (secondary N) is 1. The third kappa shape index (κ3) is 7.84. The molecule has 0 heterocycles. The predicted molar refractivity (Wildman–Crippen MR) is 60.0 cm³/mol. The van der Waals surface area contributed by atoms with E-state index in [0.717, 1.165) is 0 Å². The number of amides is 1. The van der Waals surface area contributed by atoms with Crippen LogP contribution in [0.25, 0.3) is 0 Å². The van der Waals surface area contributed by atoms with Crippen molar-refractivity contribution >= 4 is 12.1 Å². The first kappa shape index (κ1) is 14.5. The Balaban J connectivity index is 3.98. The molecule has 5 heteroatoms. The molecule has 0 aromatic heterocycles. The third-order valence-corrected chi connectivity index (χ3v) is 1.43. The Morgan fingerprint density at radius 3 is 2.38 bits per heavy atom. The van der Waals surface area contributed by atoms with E-state index in [1.807, 2.05) is 0 Å². The Kier molecular flexibility index (Phi) is 5.56. The Morgan fingerprint density at radius 1 is 1.44 bits per heavy atom. The molecule has 1 N–H and O–H groups in total. The molecule has 0 rings (SSSR count). The highest BCUT2D eigenvalue weighted by Gasteiger charge is 2.17. The van der Waals surface area contributed by atoms with Crippen molar-refractivity contribution in [3.8, 4) is 0 Å². The molecule has 0 fully saturated rings. The third-order valence-electron chi connectivity index (χ3n) is 1.43. The highest BCUT2D eigenvalue weighted by Crippen LogP contribution is 2.06. The van der Waals surface area contributed by atoms with E-state index in [4.69, 9.17) is 9.47 Å². The molecule has 0 aliphatic heterocycles. The lowest BCUT2D eigenvalue weighted by Gasteiger charge is -2.20. The monoisotopic (exact) mass is 229 g/mol. The van der Waals surface area contributed by atoms with Crippen LogP contribution in [0, 0.1) is 0 Å². The summed E-state index contributed by atoms with van der Waals surface area (Å²) in [6.07, 6.45) is 0.357. The fourth-order valence-corrected chi connectivity index (χ4v) is 0.884. The van der Waals surface area contributed by atoms with Gasteiger partial charge in [0.15, 0.2) is 0 Å². The summed E-state index contributed by atoms with van der Waals surface area (Å²) in [5.41, 5.74) is -0.546. The van der Waals surface area contributed by atoms with Gasteiger partial charge in [0.2, 0.25) is 0 Å². The lowest BCUT2D eigenvalue weighted by Crippen LogP contribution is -2.37. The molecule has 92 valence electrons. The molecule has 0 aromatic carbocycles. The van der Waals surface area contributed by atoms with Crippen LogP contribution in [0.1, 0.15) is 27.7 Å². The number of esters is 1. The SMILES string of the molecule is C=CC(CNC(=O)OC(C)(C)C)OC(C)=O. The standard InChI is InChI=1S/C11H19NO4/c1-6-9(15-8(2)13)7-12-10(14)16-11(3,4)5/h6,9H,1,7H2,2-5H3,(H,12,14). The summed E-state index contributed by atoms with van der Waals surface area (Å²) in [5.74, 6) is -0.420. The average molecular weight is 229 g/mol. The topological polar surface area (TPSA) is 64.6 Å². The van der Waals surface area contributed by atoms with Crippen LogP contribution in [-0.2, 0) is 14.3 Å². The number of rotatable bonds is 4. The van der Waals surface area contributed by atoms with Gasteiger partial charge in [-0.3, -0.25) is 4.79 Å². The first-order valence-corrected chi connectivity index (χ1v) is 5.01. The van der Waals surface area contributed by atoms with Crippen LogP contribution in [0.4, 0.5) is 4.79 Å². The minimum Gasteiger partial charge on any atom is -0.456 e. The summed E-state index contributed by atoms with van der Waals surface area (Å²) in [7, 11) is 0. The van der Waals surface area contributed by atoms with E-state index in [2.05, 4.69) is 11.9 Å². The number of ether oxygens (including phenoxy) is 2. The van der Waals surface area contributed by atoms with Gasteiger partial charge in [0.05, 0.1) is 6.54 Å². The Morgan fingerprint density at radius 2 is 2.00 bits per heavy atom. The van der Waals surface area contributed by atoms with Gasteiger partial charge < -0.3 is 14.8 Å². The maximum atomic E-state index is 11.3. The van der Waals surface area contributed by atoms with Crippen LogP contribution in [0.5, 0.6) is 0 Å². The lowest BCUT2D eigenvalue weighted by molar-refractivity contribution is -0.143. The molecule has 0 spiro atoms. The van der Waals surface area contributed by atoms with Crippen molar-refractivity contribution in [2.24, 2.45) is 0 Å². The fourth-order valence-electron chi connectivity index (χ4n) is 0.884. The minimum atomic E-state index is -0.550. The molecule has 0 saturated heterocycles. The number of alkyl carbamates (subject to hydrolysis) is 1. The van der Waals surface area contributed by atoms with Gasteiger partial charge in [-0.05, 0) is 26.8 Å². The molecule has 1 atom stereocenters. The summed E-state index contributed by atoms with van der Waals surface area (Å²) in [5, 5.41) is 2.49. The molecule has 0 aromatic rings. The molecule has 0 aliphatic rings. The summed E-state index contributed by atoms with van der Waals surface area (Å²) in [6.45, 7) is 10.2. The molecule has 16 heavy (non-hydrogen) atoms. The van der Waals surface area contributed by atoms with E-state index < -0.39 is 23.8 Å². The van der Waals surface area contributed by atoms with Gasteiger partial charge in [-0.2, -0.15) is 0 Å². The molecular formula is C11H19NO4. The molecule has 0 saturated carbocycles. The van der Waals surface area contributed by atoms with Crippen molar-refractivity contribution < 1.29 is 19.1 Å². The van der Waals surface area contributed by atoms with Gasteiger partial charge in [0, 0.05) is 6.92 Å². The first-order valence-electron chi connectivity index (χ1n) is 5.01. The number of hydrogen-bond donors (Lipinski definition) is 1. The normalized spacial score (nSPS) is 12.5. The second-order valence-corrected chi connectivity index (χ2v) is 4.27. The van der Waals surface area contributed by atoms with Crippen molar-refractivity contribution in [2.75, 3.05) is 6.54 Å². The van der Waals surface area contributed by atoms with Gasteiger partial charge in [0.1, 0.15) is 11.7 Å². The molecule has 0 bridgehead atoms. The Labute approximate surface area is 95.8 Å². The molecule has 1 amide bonds. The van der Waals surface area contributed by atoms with E-state index in [-0.39, 0.29) is 6.54 Å². The number of hydrogen-bond acceptors (Lipinski definition) is 4. The van der Waals surface area contributed by atoms with Crippen LogP contribution in [0.2, 0.25) is 0 Å². The van der Waals surface area contributed by atoms with Crippen LogP contribution in [-0.4, -0.2) is 30.3 Å². The van der Waals surface area contributed by atoms with Crippen molar-refractivity contribution in [3.63, 3.8) is 0 Å². The van der Waals surface area contributed by atoms with Gasteiger partial charge >= 0.3 is 12.1 Å². The quantitative estimate of drug-likeness (QED) is 0.587. The van der Waals surface area contributed by atoms with Crippen molar-refractivity contribution in [1.29, 1.82) is 0 Å². The maximum Gasteiger partial charge on any atom is 0.407 e. The average Bonchev–Trinajstić information content (AvgIpc) is 2.08. The molecule has 0 radical (unpaired) electrons. The van der Waals surface area contributed by atoms with Crippen LogP contribution in [0.3, 0.4) is 0 Å².